The van der Waals surface area contributed by atoms with Crippen LogP contribution in [0.4, 0.5) is 5.82 Å². The Balaban J connectivity index is 1.72. The maximum Gasteiger partial charge on any atom is 0.356 e. The summed E-state index contributed by atoms with van der Waals surface area (Å²) >= 11 is -1.51. The van der Waals surface area contributed by atoms with Crippen molar-refractivity contribution in [2.75, 3.05) is 30.3 Å². The Hall–Kier alpha value is -2.58. The summed E-state index contributed by atoms with van der Waals surface area (Å²) in [5, 5.41) is 0. The van der Waals surface area contributed by atoms with Crippen LogP contribution in [0.5, 0.6) is 0 Å². The molecule has 1 aliphatic heterocycles. The predicted octanol–water partition coefficient (Wildman–Crippen LogP) is 3.11. The van der Waals surface area contributed by atoms with Crippen molar-refractivity contribution in [2.24, 2.45) is 0 Å². The van der Waals surface area contributed by atoms with E-state index in [1.807, 2.05) is 36.9 Å². The first-order chi connectivity index (χ1) is 15.2. The van der Waals surface area contributed by atoms with Crippen molar-refractivity contribution >= 4 is 28.9 Å². The molecule has 1 aromatic heterocycles. The van der Waals surface area contributed by atoms with Crippen LogP contribution in [-0.4, -0.2) is 63.8 Å². The molecule has 1 unspecified atom stereocenters. The molecule has 1 aliphatic rings. The van der Waals surface area contributed by atoms with Crippen LogP contribution in [0.15, 0.2) is 41.3 Å². The van der Waals surface area contributed by atoms with Gasteiger partial charge in [0.15, 0.2) is 4.90 Å². The zero-order chi connectivity index (χ0) is 23.4. The van der Waals surface area contributed by atoms with Crippen molar-refractivity contribution in [2.45, 2.75) is 51.6 Å². The lowest BCUT2D eigenvalue weighted by atomic mass is 10.0. The van der Waals surface area contributed by atoms with Crippen molar-refractivity contribution in [3.63, 3.8) is 0 Å². The van der Waals surface area contributed by atoms with Gasteiger partial charge in [0.05, 0.1) is 6.61 Å². The number of anilines is 1. The summed E-state index contributed by atoms with van der Waals surface area (Å²) in [6.07, 6.45) is 0. The Morgan fingerprint density at radius 1 is 1.16 bits per heavy atom. The number of esters is 1. The van der Waals surface area contributed by atoms with Crippen LogP contribution in [0.2, 0.25) is 0 Å². The SMILES string of the molecule is CCOC(=O)C[S+]([O-])c1ccc(C(=O)N2CCN(c3cccc(C)n3)[C@@H](C)[C@@H]2C)cc1C. The second kappa shape index (κ2) is 10.4. The first kappa shape index (κ1) is 24.1. The van der Waals surface area contributed by atoms with Crippen LogP contribution in [0, 0.1) is 13.8 Å². The summed E-state index contributed by atoms with van der Waals surface area (Å²) in [7, 11) is 0. The molecule has 0 saturated carbocycles. The normalized spacial score (nSPS) is 19.6. The van der Waals surface area contributed by atoms with Gasteiger partial charge in [0.2, 0.25) is 5.75 Å². The van der Waals surface area contributed by atoms with Gasteiger partial charge in [-0.25, -0.2) is 9.78 Å². The minimum absolute atomic E-state index is 0.00325. The number of piperazine rings is 1. The van der Waals surface area contributed by atoms with Crippen molar-refractivity contribution in [3.05, 3.63) is 53.2 Å². The Morgan fingerprint density at radius 2 is 1.91 bits per heavy atom. The van der Waals surface area contributed by atoms with Crippen LogP contribution < -0.4 is 4.90 Å². The summed E-state index contributed by atoms with van der Waals surface area (Å²) < 4.78 is 17.4. The fourth-order valence-corrected chi connectivity index (χ4v) is 5.12. The second-order valence-electron chi connectivity index (χ2n) is 8.09. The first-order valence-corrected chi connectivity index (χ1v) is 12.2. The molecule has 3 atom stereocenters. The van der Waals surface area contributed by atoms with Gasteiger partial charge in [-0.15, -0.1) is 0 Å². The van der Waals surface area contributed by atoms with Gasteiger partial charge in [-0.2, -0.15) is 0 Å². The molecule has 1 aromatic carbocycles. The Kier molecular flexibility index (Phi) is 7.79. The molecule has 1 amide bonds. The van der Waals surface area contributed by atoms with E-state index in [0.29, 0.717) is 23.5 Å². The Morgan fingerprint density at radius 3 is 2.56 bits per heavy atom. The predicted molar refractivity (Wildman–Crippen MR) is 125 cm³/mol. The molecule has 2 aromatic rings. The van der Waals surface area contributed by atoms with Gasteiger partial charge in [-0.05, 0) is 76.1 Å². The lowest BCUT2D eigenvalue weighted by molar-refractivity contribution is -0.139. The number of benzene rings is 1. The number of carbonyl (C=O) groups is 2. The smallest absolute Gasteiger partial charge is 0.356 e. The van der Waals surface area contributed by atoms with Crippen molar-refractivity contribution < 1.29 is 18.9 Å². The van der Waals surface area contributed by atoms with Crippen LogP contribution in [0.3, 0.4) is 0 Å². The second-order valence-corrected chi connectivity index (χ2v) is 9.51. The number of rotatable bonds is 6. The number of nitrogens with zero attached hydrogens (tertiary/aromatic N) is 3. The molecule has 0 spiro atoms. The molecular weight excluding hydrogens is 426 g/mol. The highest BCUT2D eigenvalue weighted by atomic mass is 32.2. The van der Waals surface area contributed by atoms with E-state index in [4.69, 9.17) is 4.74 Å². The molecular formula is C24H31N3O4S. The fraction of sp³-hybridized carbons (Fsp3) is 0.458. The number of carbonyl (C=O) groups excluding carboxylic acids is 2. The van der Waals surface area contributed by atoms with Gasteiger partial charge in [0, 0.05) is 42.0 Å². The number of ether oxygens (including phenoxy) is 1. The van der Waals surface area contributed by atoms with Crippen molar-refractivity contribution in [1.29, 1.82) is 0 Å². The van der Waals surface area contributed by atoms with Crippen LogP contribution in [-0.2, 0) is 20.7 Å². The third-order valence-electron chi connectivity index (χ3n) is 5.91. The van der Waals surface area contributed by atoms with E-state index in [0.717, 1.165) is 17.1 Å². The zero-order valence-electron chi connectivity index (χ0n) is 19.3. The minimum Gasteiger partial charge on any atom is -0.611 e. The van der Waals surface area contributed by atoms with Gasteiger partial charge in [-0.3, -0.25) is 4.79 Å². The van der Waals surface area contributed by atoms with Gasteiger partial charge < -0.3 is 19.1 Å². The number of aromatic nitrogens is 1. The van der Waals surface area contributed by atoms with Gasteiger partial charge in [0.1, 0.15) is 5.82 Å². The molecule has 3 rings (SSSR count). The fourth-order valence-electron chi connectivity index (χ4n) is 4.03. The van der Waals surface area contributed by atoms with E-state index in [9.17, 15) is 14.1 Å². The van der Waals surface area contributed by atoms with E-state index in [-0.39, 0.29) is 30.4 Å². The van der Waals surface area contributed by atoms with Crippen LogP contribution in [0.25, 0.3) is 0 Å². The third-order valence-corrected chi connectivity index (χ3v) is 7.36. The molecule has 0 radical (unpaired) electrons. The molecule has 32 heavy (non-hydrogen) atoms. The lowest BCUT2D eigenvalue weighted by Gasteiger charge is -2.45. The number of hydrogen-bond acceptors (Lipinski definition) is 6. The quantitative estimate of drug-likeness (QED) is 0.489. The maximum atomic E-state index is 13.3. The van der Waals surface area contributed by atoms with E-state index in [1.54, 1.807) is 25.1 Å². The van der Waals surface area contributed by atoms with Gasteiger partial charge >= 0.3 is 5.97 Å². The molecule has 1 fully saturated rings. The Labute approximate surface area is 192 Å². The summed E-state index contributed by atoms with van der Waals surface area (Å²) in [6.45, 7) is 11.2. The van der Waals surface area contributed by atoms with Crippen molar-refractivity contribution in [1.82, 2.24) is 9.88 Å². The minimum atomic E-state index is -1.51. The number of amides is 1. The zero-order valence-corrected chi connectivity index (χ0v) is 20.1. The van der Waals surface area contributed by atoms with E-state index >= 15 is 0 Å². The van der Waals surface area contributed by atoms with E-state index < -0.39 is 17.1 Å². The summed E-state index contributed by atoms with van der Waals surface area (Å²) in [6, 6.07) is 11.2. The first-order valence-electron chi connectivity index (χ1n) is 10.9. The highest BCUT2D eigenvalue weighted by molar-refractivity contribution is 7.92. The largest absolute Gasteiger partial charge is 0.611 e. The highest BCUT2D eigenvalue weighted by Gasteiger charge is 2.34. The standard InChI is InChI=1S/C24H31N3O4S/c1-6-31-23(28)15-32(30)21-11-10-20(14-16(21)2)24(29)27-13-12-26(18(4)19(27)5)22-9-7-8-17(3)25-22/h7-11,14,18-19H,6,12-13,15H2,1-5H3/t18-,19-,32?/m0/s1. The summed E-state index contributed by atoms with van der Waals surface area (Å²) in [4.78, 5) is 34.3. The van der Waals surface area contributed by atoms with E-state index in [2.05, 4.69) is 23.7 Å². The molecule has 0 bridgehead atoms. The van der Waals surface area contributed by atoms with Crippen LogP contribution in [0.1, 0.15) is 42.4 Å². The third kappa shape index (κ3) is 5.24. The molecule has 0 N–H and O–H groups in total. The molecule has 1 saturated heterocycles. The Bertz CT molecular complexity index is 983. The summed E-state index contributed by atoms with van der Waals surface area (Å²) in [5.41, 5.74) is 2.25. The molecule has 172 valence electrons. The summed E-state index contributed by atoms with van der Waals surface area (Å²) in [5.74, 6) is 0.202. The monoisotopic (exact) mass is 457 g/mol. The maximum absolute atomic E-state index is 13.3. The topological polar surface area (TPSA) is 85.8 Å². The van der Waals surface area contributed by atoms with Crippen molar-refractivity contribution in [3.8, 4) is 0 Å². The number of aryl methyl sites for hydroxylation is 2. The highest BCUT2D eigenvalue weighted by Crippen LogP contribution is 2.26. The van der Waals surface area contributed by atoms with E-state index in [1.165, 1.54) is 0 Å². The van der Waals surface area contributed by atoms with Gasteiger partial charge in [0.25, 0.3) is 5.91 Å². The average Bonchev–Trinajstić information content (AvgIpc) is 2.75. The average molecular weight is 458 g/mol. The number of pyridine rings is 1. The van der Waals surface area contributed by atoms with Gasteiger partial charge in [-0.1, -0.05) is 6.07 Å². The lowest BCUT2D eigenvalue weighted by Crippen LogP contribution is -2.59. The molecule has 8 heteroatoms. The van der Waals surface area contributed by atoms with Crippen LogP contribution >= 0.6 is 0 Å². The molecule has 2 heterocycles. The number of hydrogen-bond donors (Lipinski definition) is 0. The molecule has 7 nitrogen and oxygen atoms in total. The molecule has 0 aliphatic carbocycles.